The first kappa shape index (κ1) is 25.3. The molecule has 12 heteroatoms. The summed E-state index contributed by atoms with van der Waals surface area (Å²) in [5.41, 5.74) is 3.15. The van der Waals surface area contributed by atoms with Crippen LogP contribution in [0.2, 0.25) is 5.02 Å². The number of halogens is 2. The van der Waals surface area contributed by atoms with Gasteiger partial charge < -0.3 is 19.5 Å². The number of benzene rings is 2. The van der Waals surface area contributed by atoms with Gasteiger partial charge in [-0.15, -0.1) is 0 Å². The number of nitrogens with zero attached hydrogens (tertiary/aromatic N) is 1. The lowest BCUT2D eigenvalue weighted by Crippen LogP contribution is -2.43. The minimum absolute atomic E-state index is 0.0827. The quantitative estimate of drug-likeness (QED) is 0.481. The van der Waals surface area contributed by atoms with Crippen molar-refractivity contribution in [3.8, 4) is 11.5 Å². The molecule has 1 atom stereocenters. The first-order valence-corrected chi connectivity index (χ1v) is 11.1. The highest BCUT2D eigenvalue weighted by molar-refractivity contribution is 9.10. The lowest BCUT2D eigenvalue weighted by atomic mass is 10.1. The number of methoxy groups -OCH3 is 2. The van der Waals surface area contributed by atoms with Gasteiger partial charge in [0.05, 0.1) is 31.7 Å². The fraction of sp³-hybridized carbons (Fsp3) is 0.273. The van der Waals surface area contributed by atoms with E-state index >= 15 is 0 Å². The van der Waals surface area contributed by atoms with Gasteiger partial charge in [-0.2, -0.15) is 0 Å². The van der Waals surface area contributed by atoms with Crippen LogP contribution in [0.3, 0.4) is 0 Å². The molecule has 3 rings (SSSR count). The number of hydrazine groups is 1. The Hall–Kier alpha value is -3.31. The molecule has 1 fully saturated rings. The number of amides is 3. The number of carbonyl (C=O) groups excluding carboxylic acids is 4. The maximum atomic E-state index is 12.5. The average molecular weight is 555 g/mol. The summed E-state index contributed by atoms with van der Waals surface area (Å²) in [4.78, 5) is 49.2. The number of carbonyl (C=O) groups is 4. The molecular formula is C22H21BrClN3O7. The van der Waals surface area contributed by atoms with Crippen molar-refractivity contribution in [2.45, 2.75) is 6.42 Å². The van der Waals surface area contributed by atoms with Crippen LogP contribution in [0.25, 0.3) is 0 Å². The van der Waals surface area contributed by atoms with Gasteiger partial charge in [-0.05, 0) is 52.3 Å². The topological polar surface area (TPSA) is 123 Å². The monoisotopic (exact) mass is 553 g/mol. The number of hydrogen-bond donors (Lipinski definition) is 2. The molecule has 0 radical (unpaired) electrons. The number of rotatable bonds is 8. The number of ether oxygens (including phenoxy) is 3. The molecule has 1 aliphatic rings. The van der Waals surface area contributed by atoms with Crippen LogP contribution in [0.15, 0.2) is 40.9 Å². The highest BCUT2D eigenvalue weighted by atomic mass is 79.9. The van der Waals surface area contributed by atoms with E-state index < -0.39 is 36.2 Å². The third kappa shape index (κ3) is 6.17. The Kier molecular flexibility index (Phi) is 8.35. The van der Waals surface area contributed by atoms with Gasteiger partial charge in [0, 0.05) is 22.1 Å². The number of hydrogen-bond acceptors (Lipinski definition) is 7. The molecule has 0 aliphatic carbocycles. The summed E-state index contributed by atoms with van der Waals surface area (Å²) < 4.78 is 16.0. The van der Waals surface area contributed by atoms with Gasteiger partial charge in [-0.25, -0.2) is 0 Å². The molecule has 3 amide bonds. The van der Waals surface area contributed by atoms with Crippen LogP contribution < -0.4 is 20.2 Å². The van der Waals surface area contributed by atoms with Gasteiger partial charge in [0.15, 0.2) is 18.1 Å². The van der Waals surface area contributed by atoms with Gasteiger partial charge in [0.1, 0.15) is 0 Å². The summed E-state index contributed by atoms with van der Waals surface area (Å²) in [5.74, 6) is -2.32. The molecule has 0 spiro atoms. The molecule has 34 heavy (non-hydrogen) atoms. The fourth-order valence-corrected chi connectivity index (χ4v) is 3.59. The Morgan fingerprint density at radius 3 is 2.53 bits per heavy atom. The standard InChI is InChI=1S/C22H21BrClN3O7/c1-32-17-6-3-12(7-18(17)33-2)21(30)26-27-10-13(8-20(27)29)22(31)34-11-19(28)25-14-4-5-15(23)16(24)9-14/h3-7,9,13H,8,10-11H2,1-2H3,(H,25,28)(H,26,30)/t13-/m1/s1. The number of nitrogens with one attached hydrogen (secondary N) is 2. The highest BCUT2D eigenvalue weighted by Crippen LogP contribution is 2.28. The lowest BCUT2D eigenvalue weighted by molar-refractivity contribution is -0.151. The van der Waals surface area contributed by atoms with Crippen LogP contribution in [0.5, 0.6) is 11.5 Å². The first-order chi connectivity index (χ1) is 16.2. The van der Waals surface area contributed by atoms with E-state index in [4.69, 9.17) is 25.8 Å². The molecule has 1 saturated heterocycles. The zero-order valence-corrected chi connectivity index (χ0v) is 20.6. The second-order valence-corrected chi connectivity index (χ2v) is 8.46. The minimum Gasteiger partial charge on any atom is -0.493 e. The van der Waals surface area contributed by atoms with Gasteiger partial charge >= 0.3 is 5.97 Å². The molecule has 1 aliphatic heterocycles. The highest BCUT2D eigenvalue weighted by Gasteiger charge is 2.36. The third-order valence-corrected chi connectivity index (χ3v) is 6.12. The zero-order valence-electron chi connectivity index (χ0n) is 18.2. The molecule has 1 heterocycles. The number of anilines is 1. The molecular weight excluding hydrogens is 534 g/mol. The normalized spacial score (nSPS) is 15.0. The second-order valence-electron chi connectivity index (χ2n) is 7.20. The Morgan fingerprint density at radius 1 is 1.12 bits per heavy atom. The second kappa shape index (κ2) is 11.2. The SMILES string of the molecule is COc1ccc(C(=O)NN2C[C@H](C(=O)OCC(=O)Nc3ccc(Br)c(Cl)c3)CC2=O)cc1OC. The Labute approximate surface area is 208 Å². The zero-order chi connectivity index (χ0) is 24.8. The largest absolute Gasteiger partial charge is 0.493 e. The van der Waals surface area contributed by atoms with E-state index in [0.29, 0.717) is 26.7 Å². The molecule has 0 aromatic heterocycles. The van der Waals surface area contributed by atoms with Crippen molar-refractivity contribution in [2.75, 3.05) is 32.7 Å². The third-order valence-electron chi connectivity index (χ3n) is 4.89. The smallest absolute Gasteiger partial charge is 0.311 e. The van der Waals surface area contributed by atoms with E-state index in [1.54, 1.807) is 24.3 Å². The van der Waals surface area contributed by atoms with Gasteiger partial charge in [0.25, 0.3) is 11.8 Å². The molecule has 2 aromatic carbocycles. The van der Waals surface area contributed by atoms with Crippen molar-refractivity contribution in [1.82, 2.24) is 10.4 Å². The van der Waals surface area contributed by atoms with Crippen molar-refractivity contribution in [1.29, 1.82) is 0 Å². The van der Waals surface area contributed by atoms with Crippen molar-refractivity contribution in [3.63, 3.8) is 0 Å². The molecule has 2 N–H and O–H groups in total. The van der Waals surface area contributed by atoms with Crippen LogP contribution in [-0.2, 0) is 19.1 Å². The van der Waals surface area contributed by atoms with Crippen molar-refractivity contribution in [2.24, 2.45) is 5.92 Å². The summed E-state index contributed by atoms with van der Waals surface area (Å²) in [5, 5.41) is 4.02. The molecule has 0 bridgehead atoms. The lowest BCUT2D eigenvalue weighted by Gasteiger charge is -2.18. The Balaban J connectivity index is 1.51. The van der Waals surface area contributed by atoms with E-state index in [1.807, 2.05) is 0 Å². The summed E-state index contributed by atoms with van der Waals surface area (Å²) >= 11 is 9.23. The fourth-order valence-electron chi connectivity index (χ4n) is 3.16. The van der Waals surface area contributed by atoms with Gasteiger partial charge in [0.2, 0.25) is 5.91 Å². The van der Waals surface area contributed by atoms with Crippen LogP contribution in [-0.4, -0.2) is 56.1 Å². The van der Waals surface area contributed by atoms with Crippen LogP contribution in [0.1, 0.15) is 16.8 Å². The van der Waals surface area contributed by atoms with E-state index in [9.17, 15) is 19.2 Å². The van der Waals surface area contributed by atoms with E-state index in [0.717, 1.165) is 5.01 Å². The van der Waals surface area contributed by atoms with E-state index in [1.165, 1.54) is 26.4 Å². The summed E-state index contributed by atoms with van der Waals surface area (Å²) in [7, 11) is 2.91. The number of esters is 1. The maximum Gasteiger partial charge on any atom is 0.311 e. The molecule has 180 valence electrons. The summed E-state index contributed by atoms with van der Waals surface area (Å²) in [6.45, 7) is -0.615. The molecule has 0 saturated carbocycles. The van der Waals surface area contributed by atoms with Crippen LogP contribution in [0, 0.1) is 5.92 Å². The van der Waals surface area contributed by atoms with E-state index in [2.05, 4.69) is 26.7 Å². The van der Waals surface area contributed by atoms with Gasteiger partial charge in [-0.3, -0.25) is 29.6 Å². The average Bonchev–Trinajstić information content (AvgIpc) is 3.19. The predicted molar refractivity (Wildman–Crippen MR) is 126 cm³/mol. The summed E-state index contributed by atoms with van der Waals surface area (Å²) in [6.07, 6.45) is -0.158. The van der Waals surface area contributed by atoms with E-state index in [-0.39, 0.29) is 18.5 Å². The molecule has 10 nitrogen and oxygen atoms in total. The predicted octanol–water partition coefficient (Wildman–Crippen LogP) is 2.79. The molecule has 2 aromatic rings. The minimum atomic E-state index is -0.826. The first-order valence-electron chi connectivity index (χ1n) is 9.96. The van der Waals surface area contributed by atoms with Crippen molar-refractivity contribution >= 4 is 56.9 Å². The van der Waals surface area contributed by atoms with Crippen LogP contribution >= 0.6 is 27.5 Å². The van der Waals surface area contributed by atoms with Crippen molar-refractivity contribution < 1.29 is 33.4 Å². The Bertz CT molecular complexity index is 1130. The van der Waals surface area contributed by atoms with Crippen molar-refractivity contribution in [3.05, 3.63) is 51.5 Å². The summed E-state index contributed by atoms with van der Waals surface area (Å²) in [6, 6.07) is 9.38. The van der Waals surface area contributed by atoms with Gasteiger partial charge in [-0.1, -0.05) is 11.6 Å². The van der Waals surface area contributed by atoms with Crippen LogP contribution in [0.4, 0.5) is 5.69 Å². The maximum absolute atomic E-state index is 12.5. The Morgan fingerprint density at radius 2 is 1.85 bits per heavy atom. The molecule has 0 unspecified atom stereocenters.